The molecular weight excluding hydrogens is 371 g/mol. The Hall–Kier alpha value is -3.03. The Morgan fingerprint density at radius 1 is 0.964 bits per heavy atom. The van der Waals surface area contributed by atoms with Gasteiger partial charge in [-0.1, -0.05) is 6.07 Å². The number of hydrogen-bond acceptors (Lipinski definition) is 3. The van der Waals surface area contributed by atoms with Gasteiger partial charge in [0.2, 0.25) is 5.91 Å². The van der Waals surface area contributed by atoms with Crippen LogP contribution >= 0.6 is 0 Å². The van der Waals surface area contributed by atoms with Crippen molar-refractivity contribution in [2.45, 2.75) is 13.1 Å². The summed E-state index contributed by atoms with van der Waals surface area (Å²) in [6.07, 6.45) is -4.42. The molecule has 0 aliphatic carbocycles. The summed E-state index contributed by atoms with van der Waals surface area (Å²) in [5, 5.41) is 2.74. The van der Waals surface area contributed by atoms with Crippen molar-refractivity contribution in [3.8, 4) is 0 Å². The lowest BCUT2D eigenvalue weighted by Gasteiger charge is -2.36. The lowest BCUT2D eigenvalue weighted by atomic mass is 10.1. The fraction of sp³-hybridized carbons (Fsp3) is 0.300. The maximum atomic E-state index is 12.7. The van der Waals surface area contributed by atoms with Crippen molar-refractivity contribution in [3.63, 3.8) is 0 Å². The predicted octanol–water partition coefficient (Wildman–Crippen LogP) is 3.63. The van der Waals surface area contributed by atoms with Crippen LogP contribution in [0.3, 0.4) is 0 Å². The minimum atomic E-state index is -4.42. The molecule has 0 saturated carbocycles. The van der Waals surface area contributed by atoms with Crippen LogP contribution in [0.15, 0.2) is 48.5 Å². The molecule has 2 amide bonds. The van der Waals surface area contributed by atoms with Crippen molar-refractivity contribution >= 4 is 23.2 Å². The number of nitrogens with one attached hydrogen (secondary N) is 1. The first kappa shape index (κ1) is 19.7. The number of halogens is 3. The quantitative estimate of drug-likeness (QED) is 0.870. The number of carbonyl (C=O) groups excluding carboxylic acids is 2. The maximum absolute atomic E-state index is 12.7. The van der Waals surface area contributed by atoms with Gasteiger partial charge in [0.15, 0.2) is 0 Å². The normalized spacial score (nSPS) is 14.7. The smallest absolute Gasteiger partial charge is 0.368 e. The molecule has 0 radical (unpaired) electrons. The molecular formula is C20H20F3N3O2. The number of amides is 2. The summed E-state index contributed by atoms with van der Waals surface area (Å²) in [5.41, 5.74) is 1.11. The van der Waals surface area contributed by atoms with Gasteiger partial charge in [0.25, 0.3) is 5.91 Å². The molecule has 8 heteroatoms. The van der Waals surface area contributed by atoms with E-state index in [1.165, 1.54) is 19.1 Å². The van der Waals surface area contributed by atoms with E-state index < -0.39 is 11.7 Å². The Balaban J connectivity index is 1.62. The topological polar surface area (TPSA) is 52.7 Å². The van der Waals surface area contributed by atoms with Crippen molar-refractivity contribution in [3.05, 3.63) is 59.7 Å². The highest BCUT2D eigenvalue weighted by Gasteiger charge is 2.30. The molecule has 1 saturated heterocycles. The van der Waals surface area contributed by atoms with E-state index in [9.17, 15) is 22.8 Å². The molecule has 1 aliphatic rings. The van der Waals surface area contributed by atoms with Crippen LogP contribution in [-0.4, -0.2) is 42.9 Å². The van der Waals surface area contributed by atoms with Gasteiger partial charge in [0.1, 0.15) is 0 Å². The molecule has 0 unspecified atom stereocenters. The van der Waals surface area contributed by atoms with Crippen LogP contribution in [0.2, 0.25) is 0 Å². The molecule has 0 atom stereocenters. The summed E-state index contributed by atoms with van der Waals surface area (Å²) in [6.45, 7) is 3.55. The van der Waals surface area contributed by atoms with Gasteiger partial charge in [-0.15, -0.1) is 0 Å². The summed E-state index contributed by atoms with van der Waals surface area (Å²) in [4.78, 5) is 27.5. The first-order valence-electron chi connectivity index (χ1n) is 8.83. The number of carbonyl (C=O) groups is 2. The van der Waals surface area contributed by atoms with Crippen LogP contribution in [0.4, 0.5) is 24.5 Å². The third-order valence-electron chi connectivity index (χ3n) is 4.56. The number of piperazine rings is 1. The van der Waals surface area contributed by atoms with Crippen molar-refractivity contribution in [2.75, 3.05) is 36.4 Å². The predicted molar refractivity (Wildman–Crippen MR) is 100 cm³/mol. The summed E-state index contributed by atoms with van der Waals surface area (Å²) in [7, 11) is 0. The van der Waals surface area contributed by atoms with E-state index >= 15 is 0 Å². The maximum Gasteiger partial charge on any atom is 0.416 e. The van der Waals surface area contributed by atoms with E-state index in [0.717, 1.165) is 17.8 Å². The summed E-state index contributed by atoms with van der Waals surface area (Å²) in [5.74, 6) is -0.426. The molecule has 1 N–H and O–H groups in total. The van der Waals surface area contributed by atoms with Crippen LogP contribution in [-0.2, 0) is 11.0 Å². The Bertz CT molecular complexity index is 858. The lowest BCUT2D eigenvalue weighted by Crippen LogP contribution is -2.48. The van der Waals surface area contributed by atoms with Gasteiger partial charge in [-0.3, -0.25) is 9.59 Å². The van der Waals surface area contributed by atoms with Gasteiger partial charge in [0, 0.05) is 50.0 Å². The highest BCUT2D eigenvalue weighted by atomic mass is 19.4. The lowest BCUT2D eigenvalue weighted by molar-refractivity contribution is -0.137. The molecule has 3 rings (SSSR count). The van der Waals surface area contributed by atoms with Crippen LogP contribution in [0.5, 0.6) is 0 Å². The largest absolute Gasteiger partial charge is 0.416 e. The second-order valence-corrected chi connectivity index (χ2v) is 6.59. The Morgan fingerprint density at radius 2 is 1.61 bits per heavy atom. The van der Waals surface area contributed by atoms with Gasteiger partial charge in [-0.05, 0) is 42.5 Å². The Labute approximate surface area is 160 Å². The second kappa shape index (κ2) is 7.92. The van der Waals surface area contributed by atoms with E-state index in [2.05, 4.69) is 10.2 Å². The van der Waals surface area contributed by atoms with Gasteiger partial charge in [-0.2, -0.15) is 13.2 Å². The molecule has 1 aliphatic heterocycles. The van der Waals surface area contributed by atoms with Gasteiger partial charge in [0.05, 0.1) is 5.56 Å². The zero-order valence-electron chi connectivity index (χ0n) is 15.3. The molecule has 2 aromatic rings. The minimum Gasteiger partial charge on any atom is -0.368 e. The first-order chi connectivity index (χ1) is 13.2. The molecule has 5 nitrogen and oxygen atoms in total. The average Bonchev–Trinajstić information content (AvgIpc) is 2.67. The molecule has 148 valence electrons. The highest BCUT2D eigenvalue weighted by molar-refractivity contribution is 5.94. The average molecular weight is 391 g/mol. The fourth-order valence-corrected chi connectivity index (χ4v) is 3.14. The van der Waals surface area contributed by atoms with E-state index in [0.29, 0.717) is 31.9 Å². The number of alkyl halides is 3. The summed E-state index contributed by atoms with van der Waals surface area (Å²) < 4.78 is 38.0. The number of hydrogen-bond donors (Lipinski definition) is 1. The number of benzene rings is 2. The molecule has 2 aromatic carbocycles. The van der Waals surface area contributed by atoms with Crippen LogP contribution in [0.25, 0.3) is 0 Å². The molecule has 0 bridgehead atoms. The number of rotatable bonds is 3. The third kappa shape index (κ3) is 4.62. The molecule has 0 aromatic heterocycles. The third-order valence-corrected chi connectivity index (χ3v) is 4.56. The van der Waals surface area contributed by atoms with Gasteiger partial charge in [-0.25, -0.2) is 0 Å². The first-order valence-corrected chi connectivity index (χ1v) is 8.83. The van der Waals surface area contributed by atoms with Crippen LogP contribution in [0, 0.1) is 0 Å². The Kier molecular flexibility index (Phi) is 5.58. The number of nitrogens with zero attached hydrogens (tertiary/aromatic N) is 2. The summed E-state index contributed by atoms with van der Waals surface area (Å²) >= 11 is 0. The van der Waals surface area contributed by atoms with Gasteiger partial charge >= 0.3 is 6.18 Å². The Morgan fingerprint density at radius 3 is 2.18 bits per heavy atom. The molecule has 1 fully saturated rings. The van der Waals surface area contributed by atoms with E-state index in [1.807, 2.05) is 18.2 Å². The van der Waals surface area contributed by atoms with Crippen molar-refractivity contribution in [1.82, 2.24) is 4.90 Å². The summed E-state index contributed by atoms with van der Waals surface area (Å²) in [6, 6.07) is 11.7. The minimum absolute atomic E-state index is 0.149. The van der Waals surface area contributed by atoms with E-state index in [1.54, 1.807) is 11.0 Å². The molecule has 1 heterocycles. The van der Waals surface area contributed by atoms with Gasteiger partial charge < -0.3 is 15.1 Å². The SMILES string of the molecule is CC(=O)Nc1cccc(N2CCN(C(=O)c3ccc(C(F)(F)F)cc3)CC2)c1. The van der Waals surface area contributed by atoms with E-state index in [4.69, 9.17) is 0 Å². The number of anilines is 2. The molecule has 28 heavy (non-hydrogen) atoms. The van der Waals surface area contributed by atoms with Crippen molar-refractivity contribution in [2.24, 2.45) is 0 Å². The highest BCUT2D eigenvalue weighted by Crippen LogP contribution is 2.29. The molecule has 0 spiro atoms. The van der Waals surface area contributed by atoms with E-state index in [-0.39, 0.29) is 17.4 Å². The second-order valence-electron chi connectivity index (χ2n) is 6.59. The van der Waals surface area contributed by atoms with Crippen molar-refractivity contribution < 1.29 is 22.8 Å². The van der Waals surface area contributed by atoms with Crippen LogP contribution in [0.1, 0.15) is 22.8 Å². The van der Waals surface area contributed by atoms with Crippen LogP contribution < -0.4 is 10.2 Å². The zero-order valence-corrected chi connectivity index (χ0v) is 15.3. The monoisotopic (exact) mass is 391 g/mol. The van der Waals surface area contributed by atoms with Crippen molar-refractivity contribution in [1.29, 1.82) is 0 Å². The zero-order chi connectivity index (χ0) is 20.3. The standard InChI is InChI=1S/C20H20F3N3O2/c1-14(27)24-17-3-2-4-18(13-17)25-9-11-26(12-10-25)19(28)15-5-7-16(8-6-15)20(21,22)23/h2-8,13H,9-12H2,1H3,(H,24,27). The fourth-order valence-electron chi connectivity index (χ4n) is 3.14.